The van der Waals surface area contributed by atoms with Crippen LogP contribution in [-0.2, 0) is 11.3 Å². The van der Waals surface area contributed by atoms with Gasteiger partial charge in [0.2, 0.25) is 5.91 Å². The molecule has 1 heterocycles. The van der Waals surface area contributed by atoms with E-state index in [1.807, 2.05) is 30.5 Å². The van der Waals surface area contributed by atoms with Gasteiger partial charge in [0, 0.05) is 23.6 Å². The highest BCUT2D eigenvalue weighted by atomic mass is 16.1. The van der Waals surface area contributed by atoms with E-state index in [1.54, 1.807) is 13.8 Å². The van der Waals surface area contributed by atoms with Crippen LogP contribution in [0.25, 0.3) is 10.9 Å². The number of hydrogen-bond acceptors (Lipinski definition) is 2. The molecule has 17 heavy (non-hydrogen) atoms. The van der Waals surface area contributed by atoms with Gasteiger partial charge in [-0.25, -0.2) is 0 Å². The zero-order chi connectivity index (χ0) is 12.5. The number of amides is 1. The van der Waals surface area contributed by atoms with Gasteiger partial charge in [-0.3, -0.25) is 10.1 Å². The van der Waals surface area contributed by atoms with E-state index in [0.29, 0.717) is 6.54 Å². The van der Waals surface area contributed by atoms with Gasteiger partial charge in [0.15, 0.2) is 0 Å². The van der Waals surface area contributed by atoms with Crippen molar-refractivity contribution in [1.29, 1.82) is 0 Å². The summed E-state index contributed by atoms with van der Waals surface area (Å²) in [5, 5.41) is 4.34. The van der Waals surface area contributed by atoms with Crippen LogP contribution in [0.2, 0.25) is 0 Å². The fourth-order valence-corrected chi connectivity index (χ4v) is 1.71. The molecule has 90 valence electrons. The fraction of sp³-hybridized carbons (Fsp3) is 0.308. The maximum atomic E-state index is 11.2. The van der Waals surface area contributed by atoms with Crippen LogP contribution in [0.1, 0.15) is 19.4 Å². The van der Waals surface area contributed by atoms with Crippen molar-refractivity contribution in [3.63, 3.8) is 0 Å². The molecule has 0 aliphatic rings. The molecule has 0 spiro atoms. The molecule has 2 rings (SSSR count). The number of fused-ring (bicyclic) bond motifs is 1. The van der Waals surface area contributed by atoms with E-state index in [2.05, 4.69) is 10.3 Å². The maximum absolute atomic E-state index is 11.2. The molecule has 4 nitrogen and oxygen atoms in total. The molecular weight excluding hydrogens is 214 g/mol. The second-order valence-corrected chi connectivity index (χ2v) is 4.70. The molecule has 0 atom stereocenters. The third-order valence-electron chi connectivity index (χ3n) is 3.02. The molecule has 4 N–H and O–H groups in total. The summed E-state index contributed by atoms with van der Waals surface area (Å²) in [5.74, 6) is -0.348. The topological polar surface area (TPSA) is 70.9 Å². The summed E-state index contributed by atoms with van der Waals surface area (Å²) < 4.78 is 0. The molecule has 1 amide bonds. The van der Waals surface area contributed by atoms with Crippen LogP contribution in [0.4, 0.5) is 0 Å². The molecule has 0 bridgehead atoms. The van der Waals surface area contributed by atoms with Gasteiger partial charge in [0.1, 0.15) is 0 Å². The number of nitrogens with two attached hydrogens (primary N) is 1. The van der Waals surface area contributed by atoms with E-state index in [-0.39, 0.29) is 5.91 Å². The smallest absolute Gasteiger partial charge is 0.237 e. The van der Waals surface area contributed by atoms with Gasteiger partial charge in [0.25, 0.3) is 0 Å². The Morgan fingerprint density at radius 3 is 2.88 bits per heavy atom. The van der Waals surface area contributed by atoms with Gasteiger partial charge in [-0.2, -0.15) is 0 Å². The van der Waals surface area contributed by atoms with Crippen LogP contribution >= 0.6 is 0 Å². The van der Waals surface area contributed by atoms with Gasteiger partial charge < -0.3 is 10.7 Å². The Labute approximate surface area is 100 Å². The highest BCUT2D eigenvalue weighted by Crippen LogP contribution is 2.17. The largest absolute Gasteiger partial charge is 0.368 e. The maximum Gasteiger partial charge on any atom is 0.237 e. The van der Waals surface area contributed by atoms with Crippen molar-refractivity contribution in [2.45, 2.75) is 25.9 Å². The average molecular weight is 231 g/mol. The Morgan fingerprint density at radius 1 is 1.41 bits per heavy atom. The standard InChI is InChI=1S/C13H17N3O/c1-13(2,12(14)17)16-8-9-4-3-5-11-10(9)6-7-15-11/h3-7,15-16H,8H2,1-2H3,(H2,14,17). The zero-order valence-corrected chi connectivity index (χ0v) is 10.1. The third kappa shape index (κ3) is 2.31. The molecule has 0 aliphatic carbocycles. The Morgan fingerprint density at radius 2 is 2.18 bits per heavy atom. The van der Waals surface area contributed by atoms with E-state index < -0.39 is 5.54 Å². The summed E-state index contributed by atoms with van der Waals surface area (Å²) in [6.07, 6.45) is 1.91. The average Bonchev–Trinajstić information content (AvgIpc) is 2.74. The summed E-state index contributed by atoms with van der Waals surface area (Å²) >= 11 is 0. The second-order valence-electron chi connectivity index (χ2n) is 4.70. The van der Waals surface area contributed by atoms with E-state index in [9.17, 15) is 4.79 Å². The highest BCUT2D eigenvalue weighted by Gasteiger charge is 2.23. The third-order valence-corrected chi connectivity index (χ3v) is 3.02. The predicted molar refractivity (Wildman–Crippen MR) is 68.4 cm³/mol. The first kappa shape index (κ1) is 11.7. The lowest BCUT2D eigenvalue weighted by molar-refractivity contribution is -0.123. The number of H-pyrrole nitrogens is 1. The lowest BCUT2D eigenvalue weighted by Gasteiger charge is -2.22. The van der Waals surface area contributed by atoms with E-state index >= 15 is 0 Å². The predicted octanol–water partition coefficient (Wildman–Crippen LogP) is 1.52. The van der Waals surface area contributed by atoms with Crippen LogP contribution < -0.4 is 11.1 Å². The molecule has 1 aromatic heterocycles. The Balaban J connectivity index is 2.19. The summed E-state index contributed by atoms with van der Waals surface area (Å²) in [6, 6.07) is 8.09. The molecule has 2 aromatic rings. The van der Waals surface area contributed by atoms with Crippen molar-refractivity contribution >= 4 is 16.8 Å². The molecule has 0 saturated heterocycles. The molecule has 4 heteroatoms. The minimum absolute atomic E-state index is 0.348. The zero-order valence-electron chi connectivity index (χ0n) is 10.1. The van der Waals surface area contributed by atoms with Crippen molar-refractivity contribution in [3.05, 3.63) is 36.0 Å². The second kappa shape index (κ2) is 4.22. The number of benzene rings is 1. The van der Waals surface area contributed by atoms with Gasteiger partial charge >= 0.3 is 0 Å². The molecule has 0 saturated carbocycles. The Hall–Kier alpha value is -1.81. The lowest BCUT2D eigenvalue weighted by atomic mass is 10.0. The van der Waals surface area contributed by atoms with Gasteiger partial charge in [-0.15, -0.1) is 0 Å². The summed E-state index contributed by atoms with van der Waals surface area (Å²) in [7, 11) is 0. The monoisotopic (exact) mass is 231 g/mol. The first-order valence-electron chi connectivity index (χ1n) is 5.60. The molecular formula is C13H17N3O. The molecule has 0 unspecified atom stereocenters. The van der Waals surface area contributed by atoms with E-state index in [1.165, 1.54) is 5.39 Å². The van der Waals surface area contributed by atoms with Gasteiger partial charge in [-0.1, -0.05) is 12.1 Å². The van der Waals surface area contributed by atoms with E-state index in [4.69, 9.17) is 5.73 Å². The van der Waals surface area contributed by atoms with Crippen LogP contribution in [0.3, 0.4) is 0 Å². The number of primary amides is 1. The number of carbonyl (C=O) groups excluding carboxylic acids is 1. The lowest BCUT2D eigenvalue weighted by Crippen LogP contribution is -2.50. The van der Waals surface area contributed by atoms with Gasteiger partial charge in [-0.05, 0) is 31.5 Å². The van der Waals surface area contributed by atoms with Crippen molar-refractivity contribution in [2.75, 3.05) is 0 Å². The first-order valence-corrected chi connectivity index (χ1v) is 5.60. The summed E-state index contributed by atoms with van der Waals surface area (Å²) in [4.78, 5) is 14.4. The van der Waals surface area contributed by atoms with Gasteiger partial charge in [0.05, 0.1) is 5.54 Å². The molecule has 0 fully saturated rings. The number of nitrogens with one attached hydrogen (secondary N) is 2. The minimum Gasteiger partial charge on any atom is -0.368 e. The Kier molecular flexibility index (Phi) is 2.90. The number of hydrogen-bond donors (Lipinski definition) is 3. The van der Waals surface area contributed by atoms with Crippen LogP contribution in [0.15, 0.2) is 30.5 Å². The normalized spacial score (nSPS) is 11.9. The van der Waals surface area contributed by atoms with E-state index in [0.717, 1.165) is 11.1 Å². The summed E-state index contributed by atoms with van der Waals surface area (Å²) in [6.45, 7) is 4.18. The minimum atomic E-state index is -0.696. The van der Waals surface area contributed by atoms with Crippen LogP contribution in [0, 0.1) is 0 Å². The van der Waals surface area contributed by atoms with Crippen molar-refractivity contribution in [3.8, 4) is 0 Å². The quantitative estimate of drug-likeness (QED) is 0.746. The SMILES string of the molecule is CC(C)(NCc1cccc2[nH]ccc12)C(N)=O. The highest BCUT2D eigenvalue weighted by molar-refractivity contribution is 5.84. The number of aromatic amines is 1. The number of aromatic nitrogens is 1. The summed E-state index contributed by atoms with van der Waals surface area (Å²) in [5.41, 5.74) is 6.87. The molecule has 0 aliphatic heterocycles. The molecule has 1 aromatic carbocycles. The number of rotatable bonds is 4. The van der Waals surface area contributed by atoms with Crippen molar-refractivity contribution < 1.29 is 4.79 Å². The Bertz CT molecular complexity index is 542. The first-order chi connectivity index (χ1) is 8.00. The fourth-order valence-electron chi connectivity index (χ4n) is 1.71. The van der Waals surface area contributed by atoms with Crippen LogP contribution in [0.5, 0.6) is 0 Å². The van der Waals surface area contributed by atoms with Crippen LogP contribution in [-0.4, -0.2) is 16.4 Å². The van der Waals surface area contributed by atoms with Crippen molar-refractivity contribution in [1.82, 2.24) is 10.3 Å². The number of carbonyl (C=O) groups is 1. The molecule has 0 radical (unpaired) electrons. The van der Waals surface area contributed by atoms with Crippen molar-refractivity contribution in [2.24, 2.45) is 5.73 Å².